The molecule has 0 spiro atoms. The Kier molecular flexibility index (Phi) is 14.1. The van der Waals surface area contributed by atoms with E-state index in [2.05, 4.69) is 21.3 Å². The van der Waals surface area contributed by atoms with Crippen molar-refractivity contribution in [3.05, 3.63) is 62.9 Å². The van der Waals surface area contributed by atoms with Crippen molar-refractivity contribution >= 4 is 41.4 Å². The molecule has 44 heavy (non-hydrogen) atoms. The molecule has 0 saturated heterocycles. The summed E-state index contributed by atoms with van der Waals surface area (Å²) in [7, 11) is 1.16. The maximum Gasteiger partial charge on any atom is 0.328 e. The minimum atomic E-state index is -1.40. The Morgan fingerprint density at radius 1 is 1.00 bits per heavy atom. The molecule has 4 amide bonds. The van der Waals surface area contributed by atoms with Crippen molar-refractivity contribution in [1.82, 2.24) is 30.8 Å². The first kappa shape index (κ1) is 35.6. The highest BCUT2D eigenvalue weighted by Gasteiger charge is 2.28. The smallest absolute Gasteiger partial charge is 0.328 e. The Balaban J connectivity index is 2.03. The van der Waals surface area contributed by atoms with Crippen LogP contribution in [0.1, 0.15) is 18.9 Å². The van der Waals surface area contributed by atoms with Crippen LogP contribution in [0.5, 0.6) is 5.75 Å². The molecule has 0 saturated carbocycles. The number of aromatic nitrogens is 2. The highest BCUT2D eigenvalue weighted by molar-refractivity contribution is 7.98. The molecule has 0 aliphatic heterocycles. The molecule has 0 bridgehead atoms. The van der Waals surface area contributed by atoms with Gasteiger partial charge < -0.3 is 36.8 Å². The van der Waals surface area contributed by atoms with Crippen LogP contribution >= 0.6 is 11.8 Å². The fourth-order valence-corrected chi connectivity index (χ4v) is 4.28. The fourth-order valence-electron chi connectivity index (χ4n) is 3.81. The van der Waals surface area contributed by atoms with Crippen LogP contribution in [0.4, 0.5) is 0 Å². The van der Waals surface area contributed by atoms with Gasteiger partial charge in [-0.05, 0) is 49.5 Å². The van der Waals surface area contributed by atoms with Gasteiger partial charge in [0.2, 0.25) is 23.6 Å². The summed E-state index contributed by atoms with van der Waals surface area (Å²) in [5, 5.41) is 19.1. The van der Waals surface area contributed by atoms with Crippen molar-refractivity contribution in [2.75, 3.05) is 25.7 Å². The summed E-state index contributed by atoms with van der Waals surface area (Å²) in [5.41, 5.74) is 5.13. The molecule has 4 atom stereocenters. The van der Waals surface area contributed by atoms with Gasteiger partial charge in [-0.25, -0.2) is 9.59 Å². The third-order valence-corrected chi connectivity index (χ3v) is 6.89. The van der Waals surface area contributed by atoms with Gasteiger partial charge in [0, 0.05) is 12.3 Å². The SMILES string of the molecule is COC(=O)[C@H](CCSC)NC(=O)[C@H](Cn1ccc(=O)[nH]c1=O)NC(=O)CNC(=O)[C@@H](C)NC(=O)[C@@H](N)Cc1ccc(O)cc1. The lowest BCUT2D eigenvalue weighted by Crippen LogP contribution is -2.56. The van der Waals surface area contributed by atoms with Crippen molar-refractivity contribution in [2.24, 2.45) is 5.73 Å². The van der Waals surface area contributed by atoms with E-state index in [4.69, 9.17) is 10.5 Å². The number of nitrogens with two attached hydrogens (primary N) is 1. The first-order chi connectivity index (χ1) is 20.8. The number of hydrogen-bond acceptors (Lipinski definition) is 11. The standard InChI is InChI=1S/C27H37N7O9S/c1-15(30-24(39)18(28)12-16-4-6-17(35)7-5-16)23(38)29-13-22(37)31-20(14-34-10-8-21(36)33-27(34)42)25(40)32-19(9-11-44-3)26(41)43-2/h4-8,10,15,18-20,35H,9,11-14,28H2,1-3H3,(H,29,38)(H,30,39)(H,31,37)(H,32,40)(H,33,36,42)/t15-,18+,19+,20+/m1/s1. The van der Waals surface area contributed by atoms with Gasteiger partial charge in [0.15, 0.2) is 0 Å². The second kappa shape index (κ2) is 17.5. The van der Waals surface area contributed by atoms with E-state index in [1.54, 1.807) is 12.1 Å². The lowest BCUT2D eigenvalue weighted by molar-refractivity contribution is -0.145. The Morgan fingerprint density at radius 3 is 2.30 bits per heavy atom. The van der Waals surface area contributed by atoms with E-state index >= 15 is 0 Å². The number of hydrogen-bond donors (Lipinski definition) is 7. The number of ether oxygens (including phenoxy) is 1. The first-order valence-corrected chi connectivity index (χ1v) is 14.8. The molecule has 2 aromatic rings. The van der Waals surface area contributed by atoms with Gasteiger partial charge >= 0.3 is 11.7 Å². The summed E-state index contributed by atoms with van der Waals surface area (Å²) in [6, 6.07) is 2.69. The number of aromatic hydroxyl groups is 1. The van der Waals surface area contributed by atoms with Crippen molar-refractivity contribution in [1.29, 1.82) is 0 Å². The lowest BCUT2D eigenvalue weighted by atomic mass is 10.1. The van der Waals surface area contributed by atoms with Crippen LogP contribution in [-0.4, -0.2) is 94.1 Å². The Labute approximate surface area is 256 Å². The summed E-state index contributed by atoms with van der Waals surface area (Å²) in [6.45, 7) is 0.373. The van der Waals surface area contributed by atoms with Crippen LogP contribution in [0, 0.1) is 0 Å². The molecule has 0 aliphatic rings. The number of carbonyl (C=O) groups excluding carboxylic acids is 5. The number of rotatable bonds is 16. The minimum Gasteiger partial charge on any atom is -0.508 e. The third-order valence-electron chi connectivity index (χ3n) is 6.24. The van der Waals surface area contributed by atoms with E-state index in [9.17, 15) is 38.7 Å². The van der Waals surface area contributed by atoms with E-state index < -0.39 is 78.1 Å². The lowest BCUT2D eigenvalue weighted by Gasteiger charge is -2.23. The number of thioether (sulfide) groups is 1. The van der Waals surface area contributed by atoms with E-state index in [1.807, 2.05) is 11.2 Å². The number of methoxy groups -OCH3 is 1. The molecule has 16 nitrogen and oxygen atoms in total. The topological polar surface area (TPSA) is 244 Å². The predicted molar refractivity (Wildman–Crippen MR) is 161 cm³/mol. The molecular formula is C27H37N7O9S. The maximum atomic E-state index is 13.1. The van der Waals surface area contributed by atoms with Gasteiger partial charge in [-0.1, -0.05) is 12.1 Å². The van der Waals surface area contributed by atoms with Gasteiger partial charge in [-0.15, -0.1) is 0 Å². The van der Waals surface area contributed by atoms with E-state index in [0.717, 1.165) is 23.9 Å². The number of benzene rings is 1. The predicted octanol–water partition coefficient (Wildman–Crippen LogP) is -2.67. The molecular weight excluding hydrogens is 598 g/mol. The molecule has 1 aromatic heterocycles. The van der Waals surface area contributed by atoms with E-state index in [1.165, 1.54) is 30.8 Å². The average molecular weight is 636 g/mol. The number of nitrogens with one attached hydrogen (secondary N) is 5. The summed E-state index contributed by atoms with van der Waals surface area (Å²) >= 11 is 1.44. The summed E-state index contributed by atoms with van der Waals surface area (Å²) in [5.74, 6) is -3.10. The van der Waals surface area contributed by atoms with Crippen LogP contribution in [0.15, 0.2) is 46.1 Å². The van der Waals surface area contributed by atoms with Crippen LogP contribution in [0.3, 0.4) is 0 Å². The number of amides is 4. The molecule has 8 N–H and O–H groups in total. The zero-order chi connectivity index (χ0) is 32.8. The largest absolute Gasteiger partial charge is 0.508 e. The Hall–Kier alpha value is -4.64. The second-order valence-electron chi connectivity index (χ2n) is 9.67. The Bertz CT molecular complexity index is 1430. The molecule has 240 valence electrons. The fraction of sp³-hybridized carbons (Fsp3) is 0.444. The molecule has 17 heteroatoms. The van der Waals surface area contributed by atoms with E-state index in [-0.39, 0.29) is 18.6 Å². The van der Waals surface area contributed by atoms with Gasteiger partial charge in [0.1, 0.15) is 23.9 Å². The minimum absolute atomic E-state index is 0.0647. The number of phenolic OH excluding ortho intramolecular Hbond substituents is 1. The molecule has 0 radical (unpaired) electrons. The highest BCUT2D eigenvalue weighted by atomic mass is 32.2. The van der Waals surface area contributed by atoms with Crippen molar-refractivity contribution < 1.29 is 33.8 Å². The van der Waals surface area contributed by atoms with Crippen molar-refractivity contribution in [3.8, 4) is 5.75 Å². The summed E-state index contributed by atoms with van der Waals surface area (Å²) in [6.07, 6.45) is 3.34. The molecule has 0 fully saturated rings. The van der Waals surface area contributed by atoms with E-state index in [0.29, 0.717) is 11.3 Å². The Morgan fingerprint density at radius 2 is 1.68 bits per heavy atom. The molecule has 2 rings (SSSR count). The second-order valence-corrected chi connectivity index (χ2v) is 10.7. The number of esters is 1. The number of aromatic amines is 1. The maximum absolute atomic E-state index is 13.1. The quantitative estimate of drug-likeness (QED) is 0.0938. The van der Waals surface area contributed by atoms with Crippen LogP contribution in [-0.2, 0) is 41.7 Å². The number of phenols is 1. The van der Waals surface area contributed by atoms with Crippen LogP contribution < -0.4 is 38.2 Å². The van der Waals surface area contributed by atoms with Crippen LogP contribution in [0.25, 0.3) is 0 Å². The molecule has 1 aromatic carbocycles. The third kappa shape index (κ3) is 11.6. The monoisotopic (exact) mass is 635 g/mol. The van der Waals surface area contributed by atoms with Gasteiger partial charge in [-0.2, -0.15) is 11.8 Å². The molecule has 0 unspecified atom stereocenters. The van der Waals surface area contributed by atoms with Gasteiger partial charge in [0.25, 0.3) is 5.56 Å². The van der Waals surface area contributed by atoms with Gasteiger partial charge in [0.05, 0.1) is 26.2 Å². The van der Waals surface area contributed by atoms with Crippen LogP contribution in [0.2, 0.25) is 0 Å². The van der Waals surface area contributed by atoms with Crippen molar-refractivity contribution in [2.45, 2.75) is 50.5 Å². The first-order valence-electron chi connectivity index (χ1n) is 13.4. The molecule has 0 aliphatic carbocycles. The number of H-pyrrole nitrogens is 1. The average Bonchev–Trinajstić information content (AvgIpc) is 2.99. The zero-order valence-corrected chi connectivity index (χ0v) is 25.3. The number of nitrogens with zero attached hydrogens (tertiary/aromatic N) is 1. The van der Waals surface area contributed by atoms with Gasteiger partial charge in [-0.3, -0.25) is 33.5 Å². The zero-order valence-electron chi connectivity index (χ0n) is 24.5. The normalized spacial score (nSPS) is 13.5. The molecule has 1 heterocycles. The number of carbonyl (C=O) groups is 5. The summed E-state index contributed by atoms with van der Waals surface area (Å²) < 4.78 is 5.73. The summed E-state index contributed by atoms with van der Waals surface area (Å²) in [4.78, 5) is 88.8. The van der Waals surface area contributed by atoms with Crippen molar-refractivity contribution in [3.63, 3.8) is 0 Å². The highest BCUT2D eigenvalue weighted by Crippen LogP contribution is 2.11.